The normalized spacial score (nSPS) is 23.2. The Labute approximate surface area is 203 Å². The molecule has 3 heterocycles. The van der Waals surface area contributed by atoms with Gasteiger partial charge in [-0.05, 0) is 30.2 Å². The van der Waals surface area contributed by atoms with Crippen molar-refractivity contribution in [2.45, 2.75) is 25.2 Å². The molecule has 0 spiro atoms. The topological polar surface area (TPSA) is 95.3 Å². The van der Waals surface area contributed by atoms with Gasteiger partial charge in [0, 0.05) is 44.3 Å². The molecule has 2 aromatic carbocycles. The number of carbonyl (C=O) groups excluding carboxylic acids is 1. The van der Waals surface area contributed by atoms with Crippen LogP contribution in [0.4, 0.5) is 4.39 Å². The average molecular weight is 482 g/mol. The number of piperazine rings is 1. The maximum Gasteiger partial charge on any atom is 0.203 e. The molecule has 0 saturated carbocycles. The number of β-amino-alcohol motifs (C(OH)–C–C–N with tert-alkyl or cyclic N) is 1. The fraction of sp³-hybridized carbons (Fsp3) is 0.462. The van der Waals surface area contributed by atoms with Crippen molar-refractivity contribution in [1.29, 1.82) is 5.26 Å². The summed E-state index contributed by atoms with van der Waals surface area (Å²) in [5.74, 6) is -0.153. The molecule has 8 nitrogen and oxygen atoms in total. The number of aliphatic hydroxyl groups excluding tert-OH is 1. The number of carbonyl (C=O) groups is 1. The smallest absolute Gasteiger partial charge is 0.203 e. The third-order valence-electron chi connectivity index (χ3n) is 7.26. The van der Waals surface area contributed by atoms with Crippen LogP contribution in [0.5, 0.6) is 11.5 Å². The molecular formula is C26H28FN3O5. The van der Waals surface area contributed by atoms with Crippen LogP contribution in [0.3, 0.4) is 0 Å². The maximum atomic E-state index is 14.5. The number of nitriles is 1. The van der Waals surface area contributed by atoms with Gasteiger partial charge in [-0.2, -0.15) is 5.26 Å². The quantitative estimate of drug-likeness (QED) is 0.696. The third-order valence-corrected chi connectivity index (χ3v) is 7.26. The second-order valence-electron chi connectivity index (χ2n) is 9.28. The van der Waals surface area contributed by atoms with E-state index in [0.717, 1.165) is 30.8 Å². The highest BCUT2D eigenvalue weighted by molar-refractivity contribution is 6.02. The number of halogens is 1. The van der Waals surface area contributed by atoms with Crippen LogP contribution in [0, 0.1) is 24.1 Å². The molecule has 9 heteroatoms. The summed E-state index contributed by atoms with van der Waals surface area (Å²) in [6.07, 6.45) is -1.05. The lowest BCUT2D eigenvalue weighted by molar-refractivity contribution is -0.0939. The minimum atomic E-state index is -0.951. The van der Waals surface area contributed by atoms with Gasteiger partial charge in [-0.1, -0.05) is 12.1 Å². The number of morpholine rings is 1. The van der Waals surface area contributed by atoms with E-state index in [1.807, 2.05) is 19.1 Å². The van der Waals surface area contributed by atoms with Crippen LogP contribution in [-0.2, 0) is 4.74 Å². The summed E-state index contributed by atoms with van der Waals surface area (Å²) in [4.78, 5) is 16.5. The molecule has 3 aliphatic heterocycles. The van der Waals surface area contributed by atoms with E-state index in [2.05, 4.69) is 9.80 Å². The number of rotatable bonds is 5. The number of hydrogen-bond donors (Lipinski definition) is 1. The summed E-state index contributed by atoms with van der Waals surface area (Å²) in [6.45, 7) is 5.96. The number of aliphatic hydroxyl groups is 1. The van der Waals surface area contributed by atoms with Crippen LogP contribution in [0.15, 0.2) is 24.3 Å². The number of Topliss-reactive ketones (excluding diaryl/α,β-unsaturated/α-hetero) is 1. The van der Waals surface area contributed by atoms with Gasteiger partial charge in [-0.25, -0.2) is 4.39 Å². The summed E-state index contributed by atoms with van der Waals surface area (Å²) in [5.41, 5.74) is 2.87. The Morgan fingerprint density at radius 3 is 2.89 bits per heavy atom. The van der Waals surface area contributed by atoms with E-state index in [1.54, 1.807) is 12.1 Å². The van der Waals surface area contributed by atoms with Gasteiger partial charge in [-0.3, -0.25) is 14.6 Å². The average Bonchev–Trinajstić information content (AvgIpc) is 3.25. The number of hydrogen-bond acceptors (Lipinski definition) is 8. The van der Waals surface area contributed by atoms with Crippen molar-refractivity contribution in [1.82, 2.24) is 9.80 Å². The van der Waals surface area contributed by atoms with Gasteiger partial charge in [0.1, 0.15) is 11.8 Å². The van der Waals surface area contributed by atoms with Crippen LogP contribution in [-0.4, -0.2) is 79.8 Å². The number of nitrogens with zero attached hydrogens (tertiary/aromatic N) is 3. The zero-order valence-electron chi connectivity index (χ0n) is 19.8. The molecule has 0 amide bonds. The maximum absolute atomic E-state index is 14.5. The first kappa shape index (κ1) is 23.7. The summed E-state index contributed by atoms with van der Waals surface area (Å²) >= 11 is 0. The van der Waals surface area contributed by atoms with Crippen molar-refractivity contribution in [3.8, 4) is 17.6 Å². The van der Waals surface area contributed by atoms with Gasteiger partial charge in [0.2, 0.25) is 5.78 Å². The Morgan fingerprint density at radius 1 is 1.29 bits per heavy atom. The van der Waals surface area contributed by atoms with Crippen LogP contribution in [0.1, 0.15) is 44.8 Å². The lowest BCUT2D eigenvalue weighted by atomic mass is 9.96. The van der Waals surface area contributed by atoms with E-state index in [1.165, 1.54) is 13.2 Å². The Bertz CT molecular complexity index is 1200. The zero-order valence-corrected chi connectivity index (χ0v) is 19.8. The fourth-order valence-electron chi connectivity index (χ4n) is 5.35. The molecule has 184 valence electrons. The Hall–Kier alpha value is -3.03. The van der Waals surface area contributed by atoms with Gasteiger partial charge in [0.05, 0.1) is 37.1 Å². The number of fused-ring (bicyclic) bond motifs is 2. The predicted octanol–water partition coefficient (Wildman–Crippen LogP) is 2.38. The highest BCUT2D eigenvalue weighted by atomic mass is 19.1. The number of methoxy groups -OCH3 is 1. The first-order chi connectivity index (χ1) is 16.9. The molecule has 3 atom stereocenters. The third kappa shape index (κ3) is 4.28. The lowest BCUT2D eigenvalue weighted by Gasteiger charge is -2.46. The summed E-state index contributed by atoms with van der Waals surface area (Å²) in [7, 11) is 1.33. The van der Waals surface area contributed by atoms with E-state index in [-0.39, 0.29) is 35.8 Å². The van der Waals surface area contributed by atoms with Gasteiger partial charge in [0.25, 0.3) is 0 Å². The monoisotopic (exact) mass is 481 g/mol. The molecule has 1 unspecified atom stereocenters. The molecule has 1 N–H and O–H groups in total. The van der Waals surface area contributed by atoms with E-state index >= 15 is 0 Å². The molecule has 0 aliphatic carbocycles. The first-order valence-corrected chi connectivity index (χ1v) is 11.7. The standard InChI is InChI=1S/C26H28FN3O5/c1-15-18(5-6-20-22(32)14-35-25(15)20)23-12-30-8-7-29(10-17(30)13-34-23)11-21(31)19-4-3-16(9-28)24(27)26(19)33-2/h3-6,17,21,23,31H,7-8,10-14H2,1-2H3/t17-,21?,23+/m0/s1. The second kappa shape index (κ2) is 9.55. The molecule has 0 radical (unpaired) electrons. The molecule has 2 aromatic rings. The Kier molecular flexibility index (Phi) is 6.47. The minimum absolute atomic E-state index is 0.0129. The number of benzene rings is 2. The van der Waals surface area contributed by atoms with Crippen molar-refractivity contribution < 1.29 is 28.5 Å². The summed E-state index contributed by atoms with van der Waals surface area (Å²) < 4.78 is 31.5. The number of ketones is 1. The van der Waals surface area contributed by atoms with Crippen molar-refractivity contribution in [3.05, 3.63) is 57.9 Å². The van der Waals surface area contributed by atoms with Crippen LogP contribution < -0.4 is 9.47 Å². The molecule has 0 bridgehead atoms. The van der Waals surface area contributed by atoms with Gasteiger partial charge >= 0.3 is 0 Å². The van der Waals surface area contributed by atoms with Gasteiger partial charge in [0.15, 0.2) is 18.2 Å². The highest BCUT2D eigenvalue weighted by Crippen LogP contribution is 2.37. The van der Waals surface area contributed by atoms with E-state index in [9.17, 15) is 14.3 Å². The molecule has 3 aliphatic rings. The molecule has 0 aromatic heterocycles. The lowest BCUT2D eigenvalue weighted by Crippen LogP contribution is -2.58. The zero-order chi connectivity index (χ0) is 24.7. The highest BCUT2D eigenvalue weighted by Gasteiger charge is 2.36. The van der Waals surface area contributed by atoms with Crippen LogP contribution in [0.25, 0.3) is 0 Å². The second-order valence-corrected chi connectivity index (χ2v) is 9.28. The number of ether oxygens (including phenoxy) is 3. The molecule has 2 saturated heterocycles. The fourth-order valence-corrected chi connectivity index (χ4v) is 5.35. The molecule has 2 fully saturated rings. The van der Waals surface area contributed by atoms with E-state index < -0.39 is 11.9 Å². The van der Waals surface area contributed by atoms with Crippen molar-refractivity contribution >= 4 is 5.78 Å². The first-order valence-electron chi connectivity index (χ1n) is 11.7. The van der Waals surface area contributed by atoms with Crippen molar-refractivity contribution in [2.75, 3.05) is 53.0 Å². The van der Waals surface area contributed by atoms with E-state index in [4.69, 9.17) is 19.5 Å². The van der Waals surface area contributed by atoms with Crippen LogP contribution in [0.2, 0.25) is 0 Å². The van der Waals surface area contributed by atoms with Gasteiger partial charge < -0.3 is 19.3 Å². The van der Waals surface area contributed by atoms with Crippen LogP contribution >= 0.6 is 0 Å². The molecule has 5 rings (SSSR count). The van der Waals surface area contributed by atoms with Gasteiger partial charge in [-0.15, -0.1) is 0 Å². The largest absolute Gasteiger partial charge is 0.493 e. The summed E-state index contributed by atoms with van der Waals surface area (Å²) in [6, 6.07) is 8.70. The molecule has 35 heavy (non-hydrogen) atoms. The minimum Gasteiger partial charge on any atom is -0.493 e. The SMILES string of the molecule is COc1c(C(O)CN2CCN3C[C@H](c4ccc5c(c4C)OCC5=O)OC[C@@H]3C2)ccc(C#N)c1F. The van der Waals surface area contributed by atoms with Crippen molar-refractivity contribution in [3.63, 3.8) is 0 Å². The van der Waals surface area contributed by atoms with Crippen molar-refractivity contribution in [2.24, 2.45) is 0 Å². The van der Waals surface area contributed by atoms with E-state index in [0.29, 0.717) is 36.6 Å². The predicted molar refractivity (Wildman–Crippen MR) is 124 cm³/mol. The Balaban J connectivity index is 1.23. The molecular weight excluding hydrogens is 453 g/mol. The summed E-state index contributed by atoms with van der Waals surface area (Å²) in [5, 5.41) is 19.9. The Morgan fingerprint density at radius 2 is 2.11 bits per heavy atom.